The minimum atomic E-state index is -0.349. The normalized spacial score (nSPS) is 15.5. The van der Waals surface area contributed by atoms with Crippen molar-refractivity contribution >= 4 is 34.9 Å². The fourth-order valence-electron chi connectivity index (χ4n) is 2.52. The van der Waals surface area contributed by atoms with E-state index < -0.39 is 0 Å². The standard InChI is InChI=1S/C14H19N5O2S/c15-14(22)17-16-10-11-5-6-12(13(9-11)19(20)21)18-7-3-1-2-4-8-18/h5-6,9-10H,1-4,7-8H2,(H3,15,17,22)/b16-10+. The van der Waals surface area contributed by atoms with Crippen LogP contribution in [0.4, 0.5) is 11.4 Å². The van der Waals surface area contributed by atoms with Crippen LogP contribution < -0.4 is 16.1 Å². The second-order valence-electron chi connectivity index (χ2n) is 5.14. The summed E-state index contributed by atoms with van der Waals surface area (Å²) < 4.78 is 0. The predicted octanol–water partition coefficient (Wildman–Crippen LogP) is 2.14. The molecule has 1 heterocycles. The highest BCUT2D eigenvalue weighted by Gasteiger charge is 2.20. The molecule has 1 aromatic carbocycles. The number of nitrogens with two attached hydrogens (primary N) is 1. The number of hydrogen-bond acceptors (Lipinski definition) is 5. The minimum Gasteiger partial charge on any atom is -0.375 e. The maximum absolute atomic E-state index is 11.4. The summed E-state index contributed by atoms with van der Waals surface area (Å²) in [6.07, 6.45) is 5.95. The number of anilines is 1. The molecule has 7 nitrogen and oxygen atoms in total. The third-order valence-corrected chi connectivity index (χ3v) is 3.62. The van der Waals surface area contributed by atoms with Crippen LogP contribution in [0, 0.1) is 10.1 Å². The summed E-state index contributed by atoms with van der Waals surface area (Å²) in [6, 6.07) is 5.11. The number of nitrogens with one attached hydrogen (secondary N) is 1. The SMILES string of the molecule is NC(=S)N/N=C/c1ccc(N2CCCCCC2)c([N+](=O)[O-])c1. The van der Waals surface area contributed by atoms with Crippen molar-refractivity contribution in [3.63, 3.8) is 0 Å². The molecule has 1 aliphatic rings. The molecule has 22 heavy (non-hydrogen) atoms. The summed E-state index contributed by atoms with van der Waals surface area (Å²) in [7, 11) is 0. The van der Waals surface area contributed by atoms with E-state index in [4.69, 9.17) is 5.73 Å². The van der Waals surface area contributed by atoms with Gasteiger partial charge in [0.1, 0.15) is 5.69 Å². The lowest BCUT2D eigenvalue weighted by molar-refractivity contribution is -0.384. The predicted molar refractivity (Wildman–Crippen MR) is 91.3 cm³/mol. The smallest absolute Gasteiger partial charge is 0.293 e. The average Bonchev–Trinajstić information content (AvgIpc) is 2.75. The number of hydrazone groups is 1. The van der Waals surface area contributed by atoms with Gasteiger partial charge in [-0.05, 0) is 31.1 Å². The Morgan fingerprint density at radius 1 is 1.36 bits per heavy atom. The average molecular weight is 321 g/mol. The lowest BCUT2D eigenvalue weighted by Crippen LogP contribution is -2.25. The maximum Gasteiger partial charge on any atom is 0.293 e. The van der Waals surface area contributed by atoms with E-state index in [0.717, 1.165) is 25.9 Å². The fourth-order valence-corrected chi connectivity index (χ4v) is 2.57. The van der Waals surface area contributed by atoms with Gasteiger partial charge in [0, 0.05) is 24.7 Å². The van der Waals surface area contributed by atoms with Gasteiger partial charge in [-0.2, -0.15) is 5.10 Å². The molecule has 3 N–H and O–H groups in total. The van der Waals surface area contributed by atoms with E-state index in [1.165, 1.54) is 25.1 Å². The first-order valence-electron chi connectivity index (χ1n) is 7.20. The van der Waals surface area contributed by atoms with Gasteiger partial charge in [-0.15, -0.1) is 0 Å². The van der Waals surface area contributed by atoms with Gasteiger partial charge in [0.2, 0.25) is 0 Å². The number of nitro groups is 1. The molecule has 2 rings (SSSR count). The molecule has 0 aliphatic carbocycles. The Morgan fingerprint density at radius 3 is 2.64 bits per heavy atom. The van der Waals surface area contributed by atoms with Crippen LogP contribution in [0.1, 0.15) is 31.2 Å². The van der Waals surface area contributed by atoms with Gasteiger partial charge in [0.05, 0.1) is 11.1 Å². The van der Waals surface area contributed by atoms with E-state index in [1.807, 2.05) is 0 Å². The summed E-state index contributed by atoms with van der Waals surface area (Å²) in [6.45, 7) is 1.72. The lowest BCUT2D eigenvalue weighted by atomic mass is 10.1. The molecule has 118 valence electrons. The van der Waals surface area contributed by atoms with Crippen LogP contribution in [0.3, 0.4) is 0 Å². The van der Waals surface area contributed by atoms with Crippen LogP contribution in [0.25, 0.3) is 0 Å². The highest BCUT2D eigenvalue weighted by Crippen LogP contribution is 2.30. The molecule has 0 saturated carbocycles. The van der Waals surface area contributed by atoms with Crippen LogP contribution in [0.2, 0.25) is 0 Å². The molecular formula is C14H19N5O2S. The van der Waals surface area contributed by atoms with Gasteiger partial charge < -0.3 is 10.6 Å². The summed E-state index contributed by atoms with van der Waals surface area (Å²) in [5.41, 5.74) is 9.08. The Hall–Kier alpha value is -2.22. The highest BCUT2D eigenvalue weighted by atomic mass is 32.1. The Bertz CT molecular complexity index is 583. The summed E-state index contributed by atoms with van der Waals surface area (Å²) in [5.74, 6) is 0. The molecule has 0 unspecified atom stereocenters. The van der Waals surface area contributed by atoms with Crippen molar-refractivity contribution in [1.29, 1.82) is 0 Å². The van der Waals surface area contributed by atoms with Crippen molar-refractivity contribution in [3.05, 3.63) is 33.9 Å². The van der Waals surface area contributed by atoms with Gasteiger partial charge in [-0.3, -0.25) is 15.5 Å². The number of benzene rings is 1. The fraction of sp³-hybridized carbons (Fsp3) is 0.429. The van der Waals surface area contributed by atoms with Crippen molar-refractivity contribution in [2.24, 2.45) is 10.8 Å². The largest absolute Gasteiger partial charge is 0.375 e. The van der Waals surface area contributed by atoms with Crippen molar-refractivity contribution in [2.75, 3.05) is 18.0 Å². The molecule has 0 atom stereocenters. The van der Waals surface area contributed by atoms with E-state index in [2.05, 4.69) is 27.6 Å². The van der Waals surface area contributed by atoms with E-state index >= 15 is 0 Å². The lowest BCUT2D eigenvalue weighted by Gasteiger charge is -2.22. The van der Waals surface area contributed by atoms with Crippen molar-refractivity contribution in [1.82, 2.24) is 5.43 Å². The third kappa shape index (κ3) is 4.39. The van der Waals surface area contributed by atoms with Gasteiger partial charge in [-0.25, -0.2) is 0 Å². The second kappa shape index (κ2) is 7.69. The van der Waals surface area contributed by atoms with Gasteiger partial charge in [-0.1, -0.05) is 18.9 Å². The number of hydrogen-bond donors (Lipinski definition) is 2. The Labute approximate surface area is 134 Å². The van der Waals surface area contributed by atoms with Crippen LogP contribution >= 0.6 is 12.2 Å². The molecular weight excluding hydrogens is 302 g/mol. The minimum absolute atomic E-state index is 0.0481. The van der Waals surface area contributed by atoms with E-state index in [-0.39, 0.29) is 15.7 Å². The first-order chi connectivity index (χ1) is 10.6. The molecule has 0 amide bonds. The first-order valence-corrected chi connectivity index (χ1v) is 7.60. The molecule has 1 aromatic rings. The summed E-state index contributed by atoms with van der Waals surface area (Å²) in [5, 5.41) is 15.2. The maximum atomic E-state index is 11.4. The molecule has 0 spiro atoms. The van der Waals surface area contributed by atoms with Crippen LogP contribution in [-0.2, 0) is 0 Å². The van der Waals surface area contributed by atoms with Gasteiger partial charge >= 0.3 is 0 Å². The number of nitrogens with zero attached hydrogens (tertiary/aromatic N) is 3. The molecule has 1 saturated heterocycles. The zero-order chi connectivity index (χ0) is 15.9. The van der Waals surface area contributed by atoms with Crippen molar-refractivity contribution < 1.29 is 4.92 Å². The van der Waals surface area contributed by atoms with Crippen LogP contribution in [0.15, 0.2) is 23.3 Å². The second-order valence-corrected chi connectivity index (χ2v) is 5.58. The molecule has 0 aromatic heterocycles. The topological polar surface area (TPSA) is 96.8 Å². The first kappa shape index (κ1) is 16.2. The molecule has 1 aliphatic heterocycles. The zero-order valence-electron chi connectivity index (χ0n) is 12.2. The number of rotatable bonds is 4. The Kier molecular flexibility index (Phi) is 5.65. The Morgan fingerprint density at radius 2 is 2.05 bits per heavy atom. The van der Waals surface area contributed by atoms with Crippen LogP contribution in [0.5, 0.6) is 0 Å². The number of nitro benzene ring substituents is 1. The quantitative estimate of drug-likeness (QED) is 0.382. The highest BCUT2D eigenvalue weighted by molar-refractivity contribution is 7.80. The summed E-state index contributed by atoms with van der Waals surface area (Å²) >= 11 is 4.64. The van der Waals surface area contributed by atoms with Gasteiger partial charge in [0.15, 0.2) is 5.11 Å². The van der Waals surface area contributed by atoms with Gasteiger partial charge in [0.25, 0.3) is 5.69 Å². The molecule has 1 fully saturated rings. The molecule has 0 bridgehead atoms. The Balaban J connectivity index is 2.24. The third-order valence-electron chi connectivity index (χ3n) is 3.53. The van der Waals surface area contributed by atoms with E-state index in [1.54, 1.807) is 12.1 Å². The molecule has 8 heteroatoms. The van der Waals surface area contributed by atoms with E-state index in [9.17, 15) is 10.1 Å². The van der Waals surface area contributed by atoms with Crippen LogP contribution in [-0.4, -0.2) is 29.3 Å². The van der Waals surface area contributed by atoms with Crippen molar-refractivity contribution in [2.45, 2.75) is 25.7 Å². The summed E-state index contributed by atoms with van der Waals surface area (Å²) in [4.78, 5) is 13.1. The monoisotopic (exact) mass is 321 g/mol. The van der Waals surface area contributed by atoms with Crippen molar-refractivity contribution in [3.8, 4) is 0 Å². The van der Waals surface area contributed by atoms with E-state index in [0.29, 0.717) is 11.3 Å². The zero-order valence-corrected chi connectivity index (χ0v) is 13.0. The molecule has 0 radical (unpaired) electrons. The number of thiocarbonyl (C=S) groups is 1.